The summed E-state index contributed by atoms with van der Waals surface area (Å²) in [5, 5.41) is 12.7. The SMILES string of the molecule is COCCOc1cc(Nc2n[nH]c(-c3ccc(NC(=O)CN)cc3)c2C(N)=O)ccn1. The molecule has 31 heavy (non-hydrogen) atoms. The van der Waals surface area contributed by atoms with Crippen LogP contribution in [0.5, 0.6) is 5.88 Å². The van der Waals surface area contributed by atoms with Gasteiger partial charge in [-0.25, -0.2) is 4.98 Å². The van der Waals surface area contributed by atoms with Gasteiger partial charge >= 0.3 is 0 Å². The van der Waals surface area contributed by atoms with Crippen LogP contribution in [-0.4, -0.2) is 53.9 Å². The van der Waals surface area contributed by atoms with Crippen molar-refractivity contribution in [3.8, 4) is 17.1 Å². The van der Waals surface area contributed by atoms with E-state index in [1.807, 2.05) is 0 Å². The standard InChI is InChI=1S/C20H23N7O4/c1-30-8-9-31-16-10-14(6-7-23-16)25-20-17(19(22)29)18(26-27-20)12-2-4-13(5-3-12)24-15(28)11-21/h2-7,10H,8-9,11,21H2,1H3,(H2,22,29)(H,24,28)(H2,23,25,26,27). The Morgan fingerprint density at radius 2 is 1.90 bits per heavy atom. The summed E-state index contributed by atoms with van der Waals surface area (Å²) in [7, 11) is 1.58. The van der Waals surface area contributed by atoms with Crippen molar-refractivity contribution in [3.05, 3.63) is 48.2 Å². The Kier molecular flexibility index (Phi) is 7.14. The quantitative estimate of drug-likeness (QED) is 0.302. The minimum atomic E-state index is -0.655. The zero-order valence-electron chi connectivity index (χ0n) is 16.8. The molecule has 2 amide bonds. The van der Waals surface area contributed by atoms with Gasteiger partial charge in [-0.15, -0.1) is 0 Å². The number of rotatable bonds is 10. The lowest BCUT2D eigenvalue weighted by atomic mass is 10.1. The number of nitrogens with zero attached hydrogens (tertiary/aromatic N) is 2. The molecule has 0 aliphatic rings. The van der Waals surface area contributed by atoms with Gasteiger partial charge in [-0.3, -0.25) is 14.7 Å². The summed E-state index contributed by atoms with van der Waals surface area (Å²) in [5.74, 6) is -0.301. The van der Waals surface area contributed by atoms with Crippen molar-refractivity contribution in [3.63, 3.8) is 0 Å². The molecular formula is C20H23N7O4. The molecule has 162 valence electrons. The number of aromatic amines is 1. The van der Waals surface area contributed by atoms with Gasteiger partial charge in [0.1, 0.15) is 12.2 Å². The fraction of sp³-hybridized carbons (Fsp3) is 0.200. The summed E-state index contributed by atoms with van der Waals surface area (Å²) in [4.78, 5) is 27.7. The molecule has 0 bridgehead atoms. The Hall–Kier alpha value is -3.96. The molecular weight excluding hydrogens is 402 g/mol. The van der Waals surface area contributed by atoms with E-state index in [4.69, 9.17) is 20.9 Å². The summed E-state index contributed by atoms with van der Waals surface area (Å²) in [6.07, 6.45) is 1.57. The fourth-order valence-corrected chi connectivity index (χ4v) is 2.75. The molecule has 0 fully saturated rings. The van der Waals surface area contributed by atoms with Crippen LogP contribution < -0.4 is 26.8 Å². The third kappa shape index (κ3) is 5.56. The summed E-state index contributed by atoms with van der Waals surface area (Å²) in [6, 6.07) is 10.2. The highest BCUT2D eigenvalue weighted by Gasteiger charge is 2.20. The molecule has 0 unspecified atom stereocenters. The van der Waals surface area contributed by atoms with Crippen molar-refractivity contribution in [2.75, 3.05) is 37.5 Å². The van der Waals surface area contributed by atoms with Gasteiger partial charge in [0.25, 0.3) is 5.91 Å². The highest BCUT2D eigenvalue weighted by atomic mass is 16.5. The number of methoxy groups -OCH3 is 1. The first kappa shape index (κ1) is 21.7. The van der Waals surface area contributed by atoms with Crippen LogP contribution in [0.4, 0.5) is 17.2 Å². The number of ether oxygens (including phenoxy) is 2. The largest absolute Gasteiger partial charge is 0.475 e. The van der Waals surface area contributed by atoms with Crippen LogP contribution in [-0.2, 0) is 9.53 Å². The Balaban J connectivity index is 1.82. The highest BCUT2D eigenvalue weighted by molar-refractivity contribution is 6.04. The van der Waals surface area contributed by atoms with Gasteiger partial charge in [0.05, 0.1) is 18.8 Å². The van der Waals surface area contributed by atoms with E-state index in [0.29, 0.717) is 41.7 Å². The van der Waals surface area contributed by atoms with Crippen molar-refractivity contribution in [1.29, 1.82) is 0 Å². The third-order valence-electron chi connectivity index (χ3n) is 4.19. The summed E-state index contributed by atoms with van der Waals surface area (Å²) in [5.41, 5.74) is 13.4. The number of nitrogens with two attached hydrogens (primary N) is 2. The number of benzene rings is 1. The molecule has 0 aliphatic carbocycles. The van der Waals surface area contributed by atoms with Crippen molar-refractivity contribution >= 4 is 29.0 Å². The van der Waals surface area contributed by atoms with Gasteiger partial charge < -0.3 is 31.6 Å². The van der Waals surface area contributed by atoms with Crippen LogP contribution >= 0.6 is 0 Å². The molecule has 11 heteroatoms. The van der Waals surface area contributed by atoms with Gasteiger partial charge in [0, 0.05) is 36.3 Å². The van der Waals surface area contributed by atoms with Crippen LogP contribution in [0.1, 0.15) is 10.4 Å². The van der Waals surface area contributed by atoms with E-state index < -0.39 is 5.91 Å². The van der Waals surface area contributed by atoms with Crippen LogP contribution in [0.2, 0.25) is 0 Å². The monoisotopic (exact) mass is 425 g/mol. The Labute approximate surface area is 178 Å². The lowest BCUT2D eigenvalue weighted by Gasteiger charge is -2.09. The lowest BCUT2D eigenvalue weighted by Crippen LogP contribution is -2.21. The number of nitrogens with one attached hydrogen (secondary N) is 3. The smallest absolute Gasteiger partial charge is 0.254 e. The van der Waals surface area contributed by atoms with Crippen molar-refractivity contribution in [2.24, 2.45) is 11.5 Å². The van der Waals surface area contributed by atoms with Crippen LogP contribution in [0, 0.1) is 0 Å². The highest BCUT2D eigenvalue weighted by Crippen LogP contribution is 2.29. The van der Waals surface area contributed by atoms with Crippen molar-refractivity contribution in [1.82, 2.24) is 15.2 Å². The number of hydrogen-bond acceptors (Lipinski definition) is 8. The average Bonchev–Trinajstić information content (AvgIpc) is 3.18. The molecule has 11 nitrogen and oxygen atoms in total. The number of carbonyl (C=O) groups excluding carboxylic acids is 2. The summed E-state index contributed by atoms with van der Waals surface area (Å²) in [6.45, 7) is 0.674. The first-order valence-corrected chi connectivity index (χ1v) is 9.35. The van der Waals surface area contributed by atoms with E-state index in [0.717, 1.165) is 0 Å². The van der Waals surface area contributed by atoms with E-state index in [9.17, 15) is 9.59 Å². The van der Waals surface area contributed by atoms with Crippen molar-refractivity contribution in [2.45, 2.75) is 0 Å². The van der Waals surface area contributed by atoms with E-state index in [1.54, 1.807) is 49.7 Å². The molecule has 3 aromatic rings. The number of pyridine rings is 1. The van der Waals surface area contributed by atoms with Crippen LogP contribution in [0.3, 0.4) is 0 Å². The molecule has 2 aromatic heterocycles. The Morgan fingerprint density at radius 3 is 2.58 bits per heavy atom. The molecule has 0 saturated carbocycles. The number of hydrogen-bond donors (Lipinski definition) is 5. The Bertz CT molecular complexity index is 1050. The van der Waals surface area contributed by atoms with E-state index >= 15 is 0 Å². The molecule has 3 rings (SSSR count). The first-order valence-electron chi connectivity index (χ1n) is 9.35. The van der Waals surface area contributed by atoms with E-state index in [1.165, 1.54) is 0 Å². The van der Waals surface area contributed by atoms with E-state index in [-0.39, 0.29) is 23.8 Å². The molecule has 0 spiro atoms. The molecule has 0 radical (unpaired) electrons. The van der Waals surface area contributed by atoms with Crippen LogP contribution in [0.15, 0.2) is 42.6 Å². The Morgan fingerprint density at radius 1 is 1.13 bits per heavy atom. The lowest BCUT2D eigenvalue weighted by molar-refractivity contribution is -0.114. The summed E-state index contributed by atoms with van der Waals surface area (Å²) >= 11 is 0. The number of aromatic nitrogens is 3. The molecule has 7 N–H and O–H groups in total. The van der Waals surface area contributed by atoms with Crippen LogP contribution in [0.25, 0.3) is 11.3 Å². The minimum Gasteiger partial charge on any atom is -0.475 e. The fourth-order valence-electron chi connectivity index (χ4n) is 2.75. The van der Waals surface area contributed by atoms with Gasteiger partial charge in [0.2, 0.25) is 11.8 Å². The van der Waals surface area contributed by atoms with Crippen molar-refractivity contribution < 1.29 is 19.1 Å². The molecule has 0 aliphatic heterocycles. The summed E-state index contributed by atoms with van der Waals surface area (Å²) < 4.78 is 10.4. The predicted molar refractivity (Wildman–Crippen MR) is 115 cm³/mol. The molecule has 0 atom stereocenters. The second-order valence-corrected chi connectivity index (χ2v) is 6.37. The number of H-pyrrole nitrogens is 1. The number of anilines is 3. The molecule has 0 saturated heterocycles. The van der Waals surface area contributed by atoms with E-state index in [2.05, 4.69) is 25.8 Å². The zero-order valence-corrected chi connectivity index (χ0v) is 16.8. The van der Waals surface area contributed by atoms with Gasteiger partial charge in [-0.05, 0) is 18.2 Å². The molecule has 1 aromatic carbocycles. The minimum absolute atomic E-state index is 0.114. The maximum absolute atomic E-state index is 12.2. The number of carbonyl (C=O) groups is 2. The second-order valence-electron chi connectivity index (χ2n) is 6.37. The maximum atomic E-state index is 12.2. The second kappa shape index (κ2) is 10.2. The van der Waals surface area contributed by atoms with Gasteiger partial charge in [0.15, 0.2) is 5.82 Å². The molecule has 2 heterocycles. The maximum Gasteiger partial charge on any atom is 0.254 e. The normalized spacial score (nSPS) is 10.5. The zero-order chi connectivity index (χ0) is 22.2. The number of amides is 2. The third-order valence-corrected chi connectivity index (χ3v) is 4.19. The van der Waals surface area contributed by atoms with Gasteiger partial charge in [-0.1, -0.05) is 12.1 Å². The average molecular weight is 425 g/mol. The van der Waals surface area contributed by atoms with Gasteiger partial charge in [-0.2, -0.15) is 5.10 Å². The topological polar surface area (TPSA) is 170 Å². The number of primary amides is 1. The first-order chi connectivity index (χ1) is 15.0. The predicted octanol–water partition coefficient (Wildman–Crippen LogP) is 1.24.